The summed E-state index contributed by atoms with van der Waals surface area (Å²) in [6, 6.07) is 11.2. The maximum atomic E-state index is 14.3. The summed E-state index contributed by atoms with van der Waals surface area (Å²) in [5.74, 6) is 0.387. The van der Waals surface area contributed by atoms with Gasteiger partial charge in [-0.15, -0.1) is 0 Å². The molecule has 0 fully saturated rings. The van der Waals surface area contributed by atoms with Crippen molar-refractivity contribution in [3.05, 3.63) is 72.1 Å². The Labute approximate surface area is 197 Å². The van der Waals surface area contributed by atoms with E-state index in [1.165, 1.54) is 13.4 Å². The summed E-state index contributed by atoms with van der Waals surface area (Å²) in [4.78, 5) is 29.6. The number of benzene rings is 1. The van der Waals surface area contributed by atoms with E-state index in [1.54, 1.807) is 12.3 Å². The number of pyridine rings is 2. The molecule has 0 aliphatic carbocycles. The van der Waals surface area contributed by atoms with E-state index < -0.39 is 11.7 Å². The zero-order valence-electron chi connectivity index (χ0n) is 19.3. The predicted octanol–water partition coefficient (Wildman–Crippen LogP) is 4.23. The van der Waals surface area contributed by atoms with Crippen molar-refractivity contribution in [1.29, 1.82) is 0 Å². The summed E-state index contributed by atoms with van der Waals surface area (Å²) in [6.07, 6.45) is 4.39. The van der Waals surface area contributed by atoms with Gasteiger partial charge in [0.1, 0.15) is 18.0 Å². The number of nitrogens with one attached hydrogen (secondary N) is 3. The first kappa shape index (κ1) is 23.0. The van der Waals surface area contributed by atoms with E-state index in [0.717, 1.165) is 35.4 Å². The van der Waals surface area contributed by atoms with Gasteiger partial charge in [0.2, 0.25) is 0 Å². The Balaban J connectivity index is 1.54. The number of para-hydroxylation sites is 1. The molecule has 34 heavy (non-hydrogen) atoms. The van der Waals surface area contributed by atoms with Crippen LogP contribution in [0.2, 0.25) is 0 Å². The number of aromatic nitrogens is 4. The van der Waals surface area contributed by atoms with Crippen molar-refractivity contribution < 1.29 is 9.18 Å². The first-order valence-electron chi connectivity index (χ1n) is 11.1. The highest BCUT2D eigenvalue weighted by atomic mass is 19.1. The van der Waals surface area contributed by atoms with Gasteiger partial charge in [-0.05, 0) is 24.6 Å². The van der Waals surface area contributed by atoms with Gasteiger partial charge in [-0.3, -0.25) is 9.78 Å². The van der Waals surface area contributed by atoms with Crippen LogP contribution in [0.1, 0.15) is 35.7 Å². The second-order valence-corrected chi connectivity index (χ2v) is 7.84. The van der Waals surface area contributed by atoms with E-state index in [0.29, 0.717) is 23.3 Å². The molecule has 0 radical (unpaired) electrons. The van der Waals surface area contributed by atoms with Crippen LogP contribution in [0.3, 0.4) is 0 Å². The lowest BCUT2D eigenvalue weighted by Crippen LogP contribution is -2.20. The number of carbonyl (C=O) groups is 1. The third kappa shape index (κ3) is 4.78. The first-order valence-corrected chi connectivity index (χ1v) is 11.1. The molecule has 3 heterocycles. The van der Waals surface area contributed by atoms with Crippen LogP contribution in [0.15, 0.2) is 55.1 Å². The Morgan fingerprint density at radius 1 is 1.03 bits per heavy atom. The molecule has 1 amide bonds. The molecule has 0 spiro atoms. The number of hydrogen-bond acceptors (Lipinski definition) is 7. The second kappa shape index (κ2) is 10.2. The molecular formula is C25H26FN7O. The average molecular weight is 460 g/mol. The summed E-state index contributed by atoms with van der Waals surface area (Å²) >= 11 is 0. The summed E-state index contributed by atoms with van der Waals surface area (Å²) in [5, 5.41) is 9.50. The lowest BCUT2D eigenvalue weighted by Gasteiger charge is -2.17. The van der Waals surface area contributed by atoms with Crippen LogP contribution in [-0.4, -0.2) is 46.0 Å². The van der Waals surface area contributed by atoms with E-state index in [1.807, 2.05) is 44.2 Å². The van der Waals surface area contributed by atoms with Gasteiger partial charge in [0.15, 0.2) is 5.82 Å². The molecule has 4 rings (SSSR count). The number of hydrogen-bond donors (Lipinski definition) is 3. The molecule has 0 aliphatic rings. The van der Waals surface area contributed by atoms with E-state index in [-0.39, 0.29) is 11.5 Å². The fourth-order valence-corrected chi connectivity index (χ4v) is 3.79. The number of nitrogens with zero attached hydrogens (tertiary/aromatic N) is 4. The SMILES string of the molecule is CCNc1ccc(-c2cc(NC[C@@H](C)c3cccc4c(C(=O)NC)c(F)cnc34)ncn2)cn1. The zero-order chi connectivity index (χ0) is 24.1. The molecule has 0 saturated carbocycles. The molecular weight excluding hydrogens is 433 g/mol. The van der Waals surface area contributed by atoms with Gasteiger partial charge in [0.25, 0.3) is 5.91 Å². The molecule has 0 aliphatic heterocycles. The maximum Gasteiger partial charge on any atom is 0.254 e. The molecule has 1 atom stereocenters. The van der Waals surface area contributed by atoms with Gasteiger partial charge in [-0.25, -0.2) is 19.3 Å². The van der Waals surface area contributed by atoms with Gasteiger partial charge >= 0.3 is 0 Å². The number of halogens is 1. The lowest BCUT2D eigenvalue weighted by atomic mass is 9.96. The van der Waals surface area contributed by atoms with Crippen LogP contribution < -0.4 is 16.0 Å². The first-order chi connectivity index (χ1) is 16.5. The topological polar surface area (TPSA) is 105 Å². The summed E-state index contributed by atoms with van der Waals surface area (Å²) < 4.78 is 14.3. The van der Waals surface area contributed by atoms with Crippen molar-refractivity contribution >= 4 is 28.4 Å². The van der Waals surface area contributed by atoms with Crippen molar-refractivity contribution in [3.8, 4) is 11.3 Å². The molecule has 1 aromatic carbocycles. The van der Waals surface area contributed by atoms with Crippen LogP contribution in [0.4, 0.5) is 16.0 Å². The van der Waals surface area contributed by atoms with Crippen LogP contribution in [0.5, 0.6) is 0 Å². The van der Waals surface area contributed by atoms with E-state index in [2.05, 4.69) is 35.9 Å². The Morgan fingerprint density at radius 3 is 2.62 bits per heavy atom. The summed E-state index contributed by atoms with van der Waals surface area (Å²) in [6.45, 7) is 5.42. The van der Waals surface area contributed by atoms with Crippen molar-refractivity contribution in [1.82, 2.24) is 25.3 Å². The van der Waals surface area contributed by atoms with Crippen molar-refractivity contribution in [2.24, 2.45) is 0 Å². The molecule has 0 unspecified atom stereocenters. The highest BCUT2D eigenvalue weighted by molar-refractivity contribution is 6.06. The normalized spacial score (nSPS) is 11.8. The van der Waals surface area contributed by atoms with Crippen LogP contribution in [0, 0.1) is 5.82 Å². The number of rotatable bonds is 8. The van der Waals surface area contributed by atoms with Crippen LogP contribution in [-0.2, 0) is 0 Å². The van der Waals surface area contributed by atoms with Gasteiger partial charge in [-0.1, -0.05) is 25.1 Å². The highest BCUT2D eigenvalue weighted by Crippen LogP contribution is 2.28. The second-order valence-electron chi connectivity index (χ2n) is 7.84. The number of carbonyl (C=O) groups excluding carboxylic acids is 1. The van der Waals surface area contributed by atoms with Crippen LogP contribution in [0.25, 0.3) is 22.2 Å². The number of fused-ring (bicyclic) bond motifs is 1. The minimum atomic E-state index is -0.642. The molecule has 3 N–H and O–H groups in total. The molecule has 0 bridgehead atoms. The Bertz CT molecular complexity index is 1310. The highest BCUT2D eigenvalue weighted by Gasteiger charge is 2.19. The van der Waals surface area contributed by atoms with E-state index >= 15 is 0 Å². The fourth-order valence-electron chi connectivity index (χ4n) is 3.79. The largest absolute Gasteiger partial charge is 0.370 e. The van der Waals surface area contributed by atoms with Gasteiger partial charge in [0.05, 0.1) is 23.0 Å². The third-order valence-electron chi connectivity index (χ3n) is 5.54. The van der Waals surface area contributed by atoms with Crippen molar-refractivity contribution in [2.45, 2.75) is 19.8 Å². The molecule has 174 valence electrons. The zero-order valence-corrected chi connectivity index (χ0v) is 19.3. The number of anilines is 2. The number of amides is 1. The van der Waals surface area contributed by atoms with Crippen LogP contribution >= 0.6 is 0 Å². The summed E-state index contributed by atoms with van der Waals surface area (Å²) in [7, 11) is 1.48. The smallest absolute Gasteiger partial charge is 0.254 e. The monoisotopic (exact) mass is 459 g/mol. The third-order valence-corrected chi connectivity index (χ3v) is 5.54. The quantitative estimate of drug-likeness (QED) is 0.362. The Hall–Kier alpha value is -4.14. The summed E-state index contributed by atoms with van der Waals surface area (Å²) in [5.41, 5.74) is 3.17. The molecule has 0 saturated heterocycles. The Morgan fingerprint density at radius 2 is 1.88 bits per heavy atom. The maximum absolute atomic E-state index is 14.3. The predicted molar refractivity (Wildman–Crippen MR) is 131 cm³/mol. The van der Waals surface area contributed by atoms with Gasteiger partial charge < -0.3 is 16.0 Å². The minimum Gasteiger partial charge on any atom is -0.370 e. The van der Waals surface area contributed by atoms with Crippen molar-refractivity contribution in [3.63, 3.8) is 0 Å². The van der Waals surface area contributed by atoms with Gasteiger partial charge in [-0.2, -0.15) is 0 Å². The average Bonchev–Trinajstić information content (AvgIpc) is 2.87. The van der Waals surface area contributed by atoms with Gasteiger partial charge in [0, 0.05) is 49.3 Å². The Kier molecular flexibility index (Phi) is 6.91. The molecule has 9 heteroatoms. The van der Waals surface area contributed by atoms with E-state index in [4.69, 9.17) is 0 Å². The fraction of sp³-hybridized carbons (Fsp3) is 0.240. The molecule has 8 nitrogen and oxygen atoms in total. The van der Waals surface area contributed by atoms with E-state index in [9.17, 15) is 9.18 Å². The standard InChI is InChI=1S/C25H26FN7O/c1-4-28-21-9-8-16(12-30-21)20-10-22(33-14-32-20)29-11-15(2)17-6-5-7-18-23(25(34)27-3)19(26)13-31-24(17)18/h5-10,12-15H,4,11H2,1-3H3,(H,27,34)(H,28,30)(H,29,32,33)/t15-/m1/s1. The lowest BCUT2D eigenvalue weighted by molar-refractivity contribution is 0.0960. The van der Waals surface area contributed by atoms with Crippen molar-refractivity contribution in [2.75, 3.05) is 30.8 Å². The molecule has 4 aromatic rings. The minimum absolute atomic E-state index is 0.00344. The molecule has 3 aromatic heterocycles.